The first kappa shape index (κ1) is 20.6. The fourth-order valence-corrected chi connectivity index (χ4v) is 3.36. The summed E-state index contributed by atoms with van der Waals surface area (Å²) >= 11 is 0. The van der Waals surface area contributed by atoms with Crippen LogP contribution >= 0.6 is 0 Å². The van der Waals surface area contributed by atoms with Crippen molar-refractivity contribution in [2.45, 2.75) is 46.2 Å². The average molecular weight is 398 g/mol. The van der Waals surface area contributed by atoms with Gasteiger partial charge in [-0.1, -0.05) is 32.0 Å². The highest BCUT2D eigenvalue weighted by atomic mass is 16.6. The summed E-state index contributed by atoms with van der Waals surface area (Å²) in [7, 11) is 0. The van der Waals surface area contributed by atoms with E-state index in [1.54, 1.807) is 11.8 Å². The van der Waals surface area contributed by atoms with Crippen LogP contribution in [0.4, 0.5) is 10.5 Å². The van der Waals surface area contributed by atoms with E-state index >= 15 is 0 Å². The standard InChI is InChI=1S/C21H26N4O4/c1-4-29-21(28)24-10-9-17-15(12-24)11-20(27)25(23-17)13-19(26)22-18-8-6-5-7-16(18)14(2)3/h5-8,11,14H,4,9-10,12-13H2,1-3H3,(H,22,26). The van der Waals surface area contributed by atoms with Gasteiger partial charge in [-0.2, -0.15) is 5.10 Å². The molecule has 0 aliphatic carbocycles. The number of carbonyl (C=O) groups excluding carboxylic acids is 2. The summed E-state index contributed by atoms with van der Waals surface area (Å²) in [5.41, 5.74) is 2.81. The first-order chi connectivity index (χ1) is 13.9. The lowest BCUT2D eigenvalue weighted by atomic mass is 10.0. The number of hydrogen-bond acceptors (Lipinski definition) is 5. The van der Waals surface area contributed by atoms with Gasteiger partial charge in [0.05, 0.1) is 18.8 Å². The van der Waals surface area contributed by atoms with E-state index in [0.717, 1.165) is 16.9 Å². The first-order valence-electron chi connectivity index (χ1n) is 9.79. The Hall–Kier alpha value is -3.16. The molecule has 0 saturated heterocycles. The number of para-hydroxylation sites is 1. The van der Waals surface area contributed by atoms with Gasteiger partial charge in [-0.3, -0.25) is 9.59 Å². The van der Waals surface area contributed by atoms with Crippen molar-refractivity contribution in [1.29, 1.82) is 0 Å². The van der Waals surface area contributed by atoms with Gasteiger partial charge >= 0.3 is 6.09 Å². The summed E-state index contributed by atoms with van der Waals surface area (Å²) in [6.45, 7) is 6.74. The summed E-state index contributed by atoms with van der Waals surface area (Å²) in [6, 6.07) is 9.06. The number of carbonyl (C=O) groups is 2. The van der Waals surface area contributed by atoms with Crippen LogP contribution in [0.1, 0.15) is 43.5 Å². The van der Waals surface area contributed by atoms with E-state index in [0.29, 0.717) is 25.1 Å². The number of nitrogens with zero attached hydrogens (tertiary/aromatic N) is 3. The van der Waals surface area contributed by atoms with Crippen molar-refractivity contribution in [3.8, 4) is 0 Å². The zero-order valence-corrected chi connectivity index (χ0v) is 17.0. The molecule has 0 radical (unpaired) electrons. The maximum absolute atomic E-state index is 12.5. The van der Waals surface area contributed by atoms with Crippen LogP contribution < -0.4 is 10.9 Å². The minimum Gasteiger partial charge on any atom is -0.450 e. The molecule has 0 unspecified atom stereocenters. The predicted molar refractivity (Wildman–Crippen MR) is 109 cm³/mol. The third-order valence-electron chi connectivity index (χ3n) is 4.82. The van der Waals surface area contributed by atoms with Gasteiger partial charge in [-0.25, -0.2) is 9.48 Å². The highest BCUT2D eigenvalue weighted by Crippen LogP contribution is 2.23. The number of nitrogens with one attached hydrogen (secondary N) is 1. The molecular weight excluding hydrogens is 372 g/mol. The van der Waals surface area contributed by atoms with Gasteiger partial charge in [-0.15, -0.1) is 0 Å². The first-order valence-corrected chi connectivity index (χ1v) is 9.79. The molecule has 8 nitrogen and oxygen atoms in total. The Labute approximate surface area is 169 Å². The zero-order chi connectivity index (χ0) is 21.0. The molecule has 3 rings (SSSR count). The van der Waals surface area contributed by atoms with Crippen molar-refractivity contribution in [2.24, 2.45) is 0 Å². The quantitative estimate of drug-likeness (QED) is 0.835. The number of amides is 2. The van der Waals surface area contributed by atoms with Crippen LogP contribution in [0.5, 0.6) is 0 Å². The van der Waals surface area contributed by atoms with Gasteiger partial charge in [0.1, 0.15) is 6.54 Å². The Morgan fingerprint density at radius 1 is 1.28 bits per heavy atom. The Balaban J connectivity index is 1.72. The smallest absolute Gasteiger partial charge is 0.410 e. The SMILES string of the molecule is CCOC(=O)N1CCc2nn(CC(=O)Nc3ccccc3C(C)C)c(=O)cc2C1. The second-order valence-corrected chi connectivity index (χ2v) is 7.27. The lowest BCUT2D eigenvalue weighted by molar-refractivity contribution is -0.117. The maximum atomic E-state index is 12.5. The highest BCUT2D eigenvalue weighted by molar-refractivity contribution is 5.91. The lowest BCUT2D eigenvalue weighted by Gasteiger charge is -2.27. The van der Waals surface area contributed by atoms with Crippen LogP contribution in [0.3, 0.4) is 0 Å². The van der Waals surface area contributed by atoms with E-state index in [4.69, 9.17) is 4.74 Å². The number of fused-ring (bicyclic) bond motifs is 1. The molecule has 0 spiro atoms. The predicted octanol–water partition coefficient (Wildman–Crippen LogP) is 2.52. The fraction of sp³-hybridized carbons (Fsp3) is 0.429. The second kappa shape index (κ2) is 8.89. The molecule has 29 heavy (non-hydrogen) atoms. The normalized spacial score (nSPS) is 13.2. The van der Waals surface area contributed by atoms with Gasteiger partial charge in [-0.05, 0) is 24.5 Å². The van der Waals surface area contributed by atoms with E-state index in [2.05, 4.69) is 24.3 Å². The number of hydrogen-bond donors (Lipinski definition) is 1. The maximum Gasteiger partial charge on any atom is 0.410 e. The van der Waals surface area contributed by atoms with E-state index in [9.17, 15) is 14.4 Å². The zero-order valence-electron chi connectivity index (χ0n) is 17.0. The van der Waals surface area contributed by atoms with Crippen LogP contribution in [-0.4, -0.2) is 39.8 Å². The molecule has 1 N–H and O–H groups in total. The third-order valence-corrected chi connectivity index (χ3v) is 4.82. The summed E-state index contributed by atoms with van der Waals surface area (Å²) in [5, 5.41) is 7.23. The number of anilines is 1. The van der Waals surface area contributed by atoms with Gasteiger partial charge in [0, 0.05) is 30.3 Å². The molecule has 8 heteroatoms. The van der Waals surface area contributed by atoms with Crippen LogP contribution in [0.2, 0.25) is 0 Å². The van der Waals surface area contributed by atoms with Crippen molar-refractivity contribution in [1.82, 2.24) is 14.7 Å². The molecule has 1 aliphatic heterocycles. The average Bonchev–Trinajstić information content (AvgIpc) is 2.68. The Morgan fingerprint density at radius 2 is 2.03 bits per heavy atom. The van der Waals surface area contributed by atoms with Gasteiger partial charge in [0.15, 0.2) is 0 Å². The minimum absolute atomic E-state index is 0.167. The van der Waals surface area contributed by atoms with Crippen LogP contribution in [0.25, 0.3) is 0 Å². The van der Waals surface area contributed by atoms with E-state index < -0.39 is 6.09 Å². The lowest BCUT2D eigenvalue weighted by Crippen LogP contribution is -2.39. The van der Waals surface area contributed by atoms with Crippen molar-refractivity contribution >= 4 is 17.7 Å². The van der Waals surface area contributed by atoms with Crippen molar-refractivity contribution in [3.63, 3.8) is 0 Å². The molecule has 0 fully saturated rings. The van der Waals surface area contributed by atoms with E-state index in [-0.39, 0.29) is 30.5 Å². The van der Waals surface area contributed by atoms with E-state index in [1.807, 2.05) is 24.3 Å². The van der Waals surface area contributed by atoms with Crippen molar-refractivity contribution in [2.75, 3.05) is 18.5 Å². The topological polar surface area (TPSA) is 93.5 Å². The molecule has 0 atom stereocenters. The molecular formula is C21H26N4O4. The largest absolute Gasteiger partial charge is 0.450 e. The summed E-state index contributed by atoms with van der Waals surface area (Å²) in [5.74, 6) is -0.0463. The molecule has 2 heterocycles. The molecule has 154 valence electrons. The summed E-state index contributed by atoms with van der Waals surface area (Å²) in [6.07, 6.45) is 0.109. The van der Waals surface area contributed by atoms with Crippen molar-refractivity contribution < 1.29 is 14.3 Å². The Morgan fingerprint density at radius 3 is 2.76 bits per heavy atom. The number of aromatic nitrogens is 2. The molecule has 2 aromatic rings. The molecule has 1 aromatic carbocycles. The van der Waals surface area contributed by atoms with Crippen LogP contribution in [0, 0.1) is 0 Å². The Bertz CT molecular complexity index is 967. The molecule has 0 bridgehead atoms. The van der Waals surface area contributed by atoms with Gasteiger partial charge in [0.25, 0.3) is 5.56 Å². The number of benzene rings is 1. The number of ether oxygens (including phenoxy) is 1. The fourth-order valence-electron chi connectivity index (χ4n) is 3.36. The van der Waals surface area contributed by atoms with Gasteiger partial charge in [0.2, 0.25) is 5.91 Å². The van der Waals surface area contributed by atoms with E-state index in [1.165, 1.54) is 10.7 Å². The Kier molecular flexibility index (Phi) is 6.31. The molecule has 1 aromatic heterocycles. The summed E-state index contributed by atoms with van der Waals surface area (Å²) in [4.78, 5) is 38.4. The van der Waals surface area contributed by atoms with Crippen LogP contribution in [-0.2, 0) is 29.0 Å². The molecule has 0 saturated carbocycles. The number of rotatable bonds is 5. The molecule has 1 aliphatic rings. The molecule has 2 amide bonds. The van der Waals surface area contributed by atoms with Crippen molar-refractivity contribution in [3.05, 3.63) is 57.5 Å². The van der Waals surface area contributed by atoms with Crippen LogP contribution in [0.15, 0.2) is 35.1 Å². The van der Waals surface area contributed by atoms with Gasteiger partial charge < -0.3 is 15.0 Å². The minimum atomic E-state index is -0.398. The highest BCUT2D eigenvalue weighted by Gasteiger charge is 2.24. The second-order valence-electron chi connectivity index (χ2n) is 7.27. The summed E-state index contributed by atoms with van der Waals surface area (Å²) < 4.78 is 6.19. The monoisotopic (exact) mass is 398 g/mol. The third kappa shape index (κ3) is 4.82.